The van der Waals surface area contributed by atoms with Gasteiger partial charge in [0.25, 0.3) is 0 Å². The highest BCUT2D eigenvalue weighted by atomic mass is 19.4. The van der Waals surface area contributed by atoms with Crippen LogP contribution in [0.3, 0.4) is 0 Å². The molecule has 0 amide bonds. The molecule has 0 aliphatic heterocycles. The molecule has 2 rings (SSSR count). The van der Waals surface area contributed by atoms with Crippen LogP contribution in [0.5, 0.6) is 0 Å². The SMILES string of the molecule is COCNc1cc(C(F)(F)F)nc(-c2ccncc2)n1. The van der Waals surface area contributed by atoms with Crippen LogP contribution in [0.25, 0.3) is 11.4 Å². The van der Waals surface area contributed by atoms with Crippen LogP contribution >= 0.6 is 0 Å². The Morgan fingerprint density at radius 2 is 1.90 bits per heavy atom. The molecule has 5 nitrogen and oxygen atoms in total. The zero-order valence-electron chi connectivity index (χ0n) is 10.5. The van der Waals surface area contributed by atoms with E-state index in [1.807, 2.05) is 0 Å². The number of pyridine rings is 1. The first-order chi connectivity index (χ1) is 9.50. The molecule has 20 heavy (non-hydrogen) atoms. The molecule has 2 heterocycles. The summed E-state index contributed by atoms with van der Waals surface area (Å²) in [6, 6.07) is 3.91. The van der Waals surface area contributed by atoms with Gasteiger partial charge in [-0.1, -0.05) is 0 Å². The van der Waals surface area contributed by atoms with Crippen LogP contribution in [0.15, 0.2) is 30.6 Å². The Morgan fingerprint density at radius 1 is 1.20 bits per heavy atom. The maximum absolute atomic E-state index is 12.8. The quantitative estimate of drug-likeness (QED) is 0.874. The second-order valence-electron chi connectivity index (χ2n) is 3.81. The smallest absolute Gasteiger partial charge is 0.365 e. The Hall–Kier alpha value is -2.22. The number of rotatable bonds is 4. The third-order valence-electron chi connectivity index (χ3n) is 2.35. The van der Waals surface area contributed by atoms with Gasteiger partial charge in [0.05, 0.1) is 0 Å². The number of alkyl halides is 3. The number of hydrogen-bond acceptors (Lipinski definition) is 5. The van der Waals surface area contributed by atoms with Crippen LogP contribution < -0.4 is 5.32 Å². The van der Waals surface area contributed by atoms with Crippen LogP contribution in [-0.4, -0.2) is 28.8 Å². The predicted molar refractivity (Wildman–Crippen MR) is 65.8 cm³/mol. The van der Waals surface area contributed by atoms with Gasteiger partial charge < -0.3 is 10.1 Å². The standard InChI is InChI=1S/C12H11F3N4O/c1-20-7-17-10-6-9(12(13,14)15)18-11(19-10)8-2-4-16-5-3-8/h2-6H,7H2,1H3,(H,17,18,19). The summed E-state index contributed by atoms with van der Waals surface area (Å²) < 4.78 is 43.2. The minimum absolute atomic E-state index is 0.0270. The van der Waals surface area contributed by atoms with Crippen molar-refractivity contribution in [3.8, 4) is 11.4 Å². The lowest BCUT2D eigenvalue weighted by molar-refractivity contribution is -0.141. The Labute approximate surface area is 112 Å². The van der Waals surface area contributed by atoms with Crippen molar-refractivity contribution in [3.05, 3.63) is 36.3 Å². The number of anilines is 1. The third-order valence-corrected chi connectivity index (χ3v) is 2.35. The molecule has 0 aliphatic rings. The third kappa shape index (κ3) is 3.41. The maximum atomic E-state index is 12.8. The molecule has 8 heteroatoms. The molecule has 0 bridgehead atoms. The van der Waals surface area contributed by atoms with E-state index in [4.69, 9.17) is 4.74 Å². The highest BCUT2D eigenvalue weighted by molar-refractivity contribution is 5.56. The van der Waals surface area contributed by atoms with E-state index in [1.54, 1.807) is 0 Å². The molecule has 2 aromatic rings. The minimum Gasteiger partial charge on any atom is -0.365 e. The predicted octanol–water partition coefficient (Wildman–Crippen LogP) is 2.57. The number of aromatic nitrogens is 3. The Balaban J connectivity index is 2.46. The average molecular weight is 284 g/mol. The molecule has 0 spiro atoms. The van der Waals surface area contributed by atoms with E-state index in [9.17, 15) is 13.2 Å². The topological polar surface area (TPSA) is 59.9 Å². The van der Waals surface area contributed by atoms with Crippen LogP contribution in [-0.2, 0) is 10.9 Å². The number of nitrogens with zero attached hydrogens (tertiary/aromatic N) is 3. The zero-order valence-corrected chi connectivity index (χ0v) is 10.5. The van der Waals surface area contributed by atoms with E-state index in [2.05, 4.69) is 20.3 Å². The lowest BCUT2D eigenvalue weighted by Crippen LogP contribution is -2.13. The molecule has 1 N–H and O–H groups in total. The summed E-state index contributed by atoms with van der Waals surface area (Å²) in [4.78, 5) is 11.4. The summed E-state index contributed by atoms with van der Waals surface area (Å²) in [5.74, 6) is 0.0156. The van der Waals surface area contributed by atoms with Gasteiger partial charge in [-0.15, -0.1) is 0 Å². The minimum atomic E-state index is -4.55. The van der Waals surface area contributed by atoms with Crippen LogP contribution in [0.4, 0.5) is 19.0 Å². The zero-order chi connectivity index (χ0) is 14.6. The maximum Gasteiger partial charge on any atom is 0.433 e. The van der Waals surface area contributed by atoms with Crippen LogP contribution in [0.1, 0.15) is 5.69 Å². The van der Waals surface area contributed by atoms with Crippen LogP contribution in [0, 0.1) is 0 Å². The van der Waals surface area contributed by atoms with Gasteiger partial charge in [0, 0.05) is 31.1 Å². The van der Waals surface area contributed by atoms with E-state index in [0.717, 1.165) is 6.07 Å². The molecule has 0 unspecified atom stereocenters. The fourth-order valence-electron chi connectivity index (χ4n) is 1.46. The Bertz CT molecular complexity index is 575. The van der Waals surface area contributed by atoms with E-state index in [0.29, 0.717) is 5.56 Å². The second-order valence-corrected chi connectivity index (χ2v) is 3.81. The average Bonchev–Trinajstić information content (AvgIpc) is 2.45. The molecule has 0 saturated heterocycles. The van der Waals surface area contributed by atoms with Crippen LogP contribution in [0.2, 0.25) is 0 Å². The first-order valence-corrected chi connectivity index (χ1v) is 5.60. The van der Waals surface area contributed by atoms with Crippen molar-refractivity contribution < 1.29 is 17.9 Å². The first kappa shape index (κ1) is 14.2. The lowest BCUT2D eigenvalue weighted by Gasteiger charge is -2.11. The summed E-state index contributed by atoms with van der Waals surface area (Å²) >= 11 is 0. The van der Waals surface area contributed by atoms with Gasteiger partial charge in [-0.05, 0) is 12.1 Å². The first-order valence-electron chi connectivity index (χ1n) is 5.60. The fourth-order valence-corrected chi connectivity index (χ4v) is 1.46. The summed E-state index contributed by atoms with van der Waals surface area (Å²) in [7, 11) is 1.42. The van der Waals surface area contributed by atoms with Crippen molar-refractivity contribution in [2.45, 2.75) is 6.18 Å². The molecule has 0 saturated carbocycles. The Kier molecular flexibility index (Phi) is 4.14. The fraction of sp³-hybridized carbons (Fsp3) is 0.250. The summed E-state index contributed by atoms with van der Waals surface area (Å²) in [6.45, 7) is 0.0457. The molecule has 0 aromatic carbocycles. The van der Waals surface area contributed by atoms with Gasteiger partial charge in [0.1, 0.15) is 12.5 Å². The van der Waals surface area contributed by atoms with Gasteiger partial charge in [-0.25, -0.2) is 9.97 Å². The summed E-state index contributed by atoms with van der Waals surface area (Å²) in [5.41, 5.74) is -0.565. The molecule has 0 atom stereocenters. The number of hydrogen-bond donors (Lipinski definition) is 1. The number of methoxy groups -OCH3 is 1. The van der Waals surface area contributed by atoms with Gasteiger partial charge in [0.15, 0.2) is 11.5 Å². The van der Waals surface area contributed by atoms with Gasteiger partial charge >= 0.3 is 6.18 Å². The molecule has 0 radical (unpaired) electrons. The molecule has 0 aliphatic carbocycles. The van der Waals surface area contributed by atoms with E-state index in [-0.39, 0.29) is 18.4 Å². The number of nitrogens with one attached hydrogen (secondary N) is 1. The highest BCUT2D eigenvalue weighted by Crippen LogP contribution is 2.30. The largest absolute Gasteiger partial charge is 0.433 e. The lowest BCUT2D eigenvalue weighted by atomic mass is 10.2. The van der Waals surface area contributed by atoms with E-state index in [1.165, 1.54) is 31.6 Å². The van der Waals surface area contributed by atoms with E-state index >= 15 is 0 Å². The van der Waals surface area contributed by atoms with E-state index < -0.39 is 11.9 Å². The number of ether oxygens (including phenoxy) is 1. The van der Waals surface area contributed by atoms with Crippen molar-refractivity contribution in [3.63, 3.8) is 0 Å². The monoisotopic (exact) mass is 284 g/mol. The molecule has 0 fully saturated rings. The number of halogens is 3. The summed E-state index contributed by atoms with van der Waals surface area (Å²) in [5, 5.41) is 2.63. The van der Waals surface area contributed by atoms with Crippen molar-refractivity contribution in [1.82, 2.24) is 15.0 Å². The van der Waals surface area contributed by atoms with Gasteiger partial charge in [0.2, 0.25) is 0 Å². The molecular weight excluding hydrogens is 273 g/mol. The normalized spacial score (nSPS) is 11.4. The molecular formula is C12H11F3N4O. The van der Waals surface area contributed by atoms with Gasteiger partial charge in [-0.2, -0.15) is 13.2 Å². The highest BCUT2D eigenvalue weighted by Gasteiger charge is 2.33. The van der Waals surface area contributed by atoms with Crippen molar-refractivity contribution in [2.75, 3.05) is 19.2 Å². The molecule has 2 aromatic heterocycles. The van der Waals surface area contributed by atoms with Crippen molar-refractivity contribution >= 4 is 5.82 Å². The van der Waals surface area contributed by atoms with Gasteiger partial charge in [-0.3, -0.25) is 4.98 Å². The van der Waals surface area contributed by atoms with Crippen molar-refractivity contribution in [1.29, 1.82) is 0 Å². The van der Waals surface area contributed by atoms with Crippen molar-refractivity contribution in [2.24, 2.45) is 0 Å². The second kappa shape index (κ2) is 5.83. The summed E-state index contributed by atoms with van der Waals surface area (Å²) in [6.07, 6.45) is -1.63. The molecule has 106 valence electrons. The Morgan fingerprint density at radius 3 is 2.50 bits per heavy atom.